The minimum Gasteiger partial charge on any atom is -0.493 e. The number of carbonyl (C=O) groups excluding carboxylic acids is 2. The molecule has 40 heavy (non-hydrogen) atoms. The van der Waals surface area contributed by atoms with Crippen molar-refractivity contribution in [1.29, 1.82) is 0 Å². The third-order valence-electron chi connectivity index (χ3n) is 6.29. The Hall–Kier alpha value is -3.47. The van der Waals surface area contributed by atoms with Crippen molar-refractivity contribution in [2.45, 2.75) is 30.8 Å². The molecule has 0 aliphatic carbocycles. The quantitative estimate of drug-likeness (QED) is 0.318. The van der Waals surface area contributed by atoms with Gasteiger partial charge in [-0.1, -0.05) is 54.4 Å². The number of rotatable bonds is 12. The smallest absolute Gasteiger partial charge is 0.264 e. The number of hydrogen-bond donors (Lipinski definition) is 1. The highest BCUT2D eigenvalue weighted by molar-refractivity contribution is 7.92. The number of halogens is 2. The van der Waals surface area contributed by atoms with Crippen LogP contribution in [-0.2, 0) is 26.2 Å². The van der Waals surface area contributed by atoms with E-state index in [1.54, 1.807) is 55.5 Å². The van der Waals surface area contributed by atoms with E-state index < -0.39 is 34.4 Å². The zero-order chi connectivity index (χ0) is 29.4. The summed E-state index contributed by atoms with van der Waals surface area (Å²) in [6, 6.07) is 16.4. The molecule has 0 saturated heterocycles. The van der Waals surface area contributed by atoms with Crippen molar-refractivity contribution in [3.05, 3.63) is 82.3 Å². The van der Waals surface area contributed by atoms with Gasteiger partial charge in [0.1, 0.15) is 12.6 Å². The molecule has 0 fully saturated rings. The van der Waals surface area contributed by atoms with Crippen LogP contribution < -0.4 is 19.1 Å². The zero-order valence-corrected chi connectivity index (χ0v) is 24.9. The van der Waals surface area contributed by atoms with Crippen molar-refractivity contribution >= 4 is 50.7 Å². The lowest BCUT2D eigenvalue weighted by molar-refractivity contribution is -0.140. The molecule has 1 atom stereocenters. The van der Waals surface area contributed by atoms with Crippen LogP contribution in [0.2, 0.25) is 10.0 Å². The summed E-state index contributed by atoms with van der Waals surface area (Å²) in [5, 5.41) is 3.20. The topological polar surface area (TPSA) is 105 Å². The van der Waals surface area contributed by atoms with Crippen LogP contribution in [0.15, 0.2) is 71.6 Å². The summed E-state index contributed by atoms with van der Waals surface area (Å²) in [6.07, 6.45) is 0.265. The van der Waals surface area contributed by atoms with Gasteiger partial charge in [0.2, 0.25) is 11.8 Å². The summed E-state index contributed by atoms with van der Waals surface area (Å²) in [4.78, 5) is 28.0. The van der Waals surface area contributed by atoms with E-state index in [2.05, 4.69) is 5.32 Å². The number of amides is 2. The highest BCUT2D eigenvalue weighted by Gasteiger charge is 2.34. The predicted octanol–water partition coefficient (Wildman–Crippen LogP) is 4.76. The first kappa shape index (κ1) is 31.1. The fourth-order valence-electron chi connectivity index (χ4n) is 4.17. The van der Waals surface area contributed by atoms with Crippen LogP contribution in [-0.4, -0.2) is 59.0 Å². The number of nitrogens with one attached hydrogen (secondary N) is 1. The minimum atomic E-state index is -4.29. The average molecular weight is 609 g/mol. The van der Waals surface area contributed by atoms with Crippen LogP contribution in [0.4, 0.5) is 5.69 Å². The summed E-state index contributed by atoms with van der Waals surface area (Å²) in [6.45, 7) is 1.04. The normalized spacial score (nSPS) is 11.8. The number of ether oxygens (including phenoxy) is 2. The molecule has 9 nitrogen and oxygen atoms in total. The number of nitrogens with zero attached hydrogens (tertiary/aromatic N) is 2. The summed E-state index contributed by atoms with van der Waals surface area (Å²) in [5.41, 5.74) is 0.699. The van der Waals surface area contributed by atoms with Crippen LogP contribution in [0.25, 0.3) is 0 Å². The van der Waals surface area contributed by atoms with Crippen molar-refractivity contribution in [2.75, 3.05) is 32.1 Å². The number of hydrogen-bond acceptors (Lipinski definition) is 6. The molecule has 3 rings (SSSR count). The maximum atomic E-state index is 14.0. The molecule has 214 valence electrons. The molecule has 0 aromatic heterocycles. The number of anilines is 1. The molecular weight excluding hydrogens is 577 g/mol. The fraction of sp³-hybridized carbons (Fsp3) is 0.286. The van der Waals surface area contributed by atoms with Gasteiger partial charge < -0.3 is 19.7 Å². The second-order valence-electron chi connectivity index (χ2n) is 8.62. The predicted molar refractivity (Wildman–Crippen MR) is 156 cm³/mol. The molecule has 1 N–H and O–H groups in total. The van der Waals surface area contributed by atoms with Crippen molar-refractivity contribution in [2.24, 2.45) is 0 Å². The monoisotopic (exact) mass is 607 g/mol. The molecule has 0 heterocycles. The highest BCUT2D eigenvalue weighted by atomic mass is 35.5. The van der Waals surface area contributed by atoms with E-state index in [1.165, 1.54) is 44.4 Å². The van der Waals surface area contributed by atoms with Crippen LogP contribution in [0.5, 0.6) is 11.5 Å². The second-order valence-corrected chi connectivity index (χ2v) is 11.3. The van der Waals surface area contributed by atoms with Crippen LogP contribution >= 0.6 is 23.2 Å². The van der Waals surface area contributed by atoms with Gasteiger partial charge in [0.25, 0.3) is 10.0 Å². The molecule has 0 aliphatic heterocycles. The van der Waals surface area contributed by atoms with Crippen molar-refractivity contribution in [1.82, 2.24) is 10.2 Å². The van der Waals surface area contributed by atoms with E-state index in [4.69, 9.17) is 32.7 Å². The Morgan fingerprint density at radius 1 is 0.925 bits per heavy atom. The van der Waals surface area contributed by atoms with E-state index in [-0.39, 0.29) is 29.3 Å². The summed E-state index contributed by atoms with van der Waals surface area (Å²) < 4.78 is 39.5. The Bertz CT molecular complexity index is 1430. The van der Waals surface area contributed by atoms with Gasteiger partial charge in [0, 0.05) is 35.3 Å². The molecule has 0 unspecified atom stereocenters. The van der Waals surface area contributed by atoms with Gasteiger partial charge in [-0.15, -0.1) is 0 Å². The number of methoxy groups -OCH3 is 2. The van der Waals surface area contributed by atoms with Crippen molar-refractivity contribution in [3.8, 4) is 11.5 Å². The molecule has 2 amide bonds. The SMILES string of the molecule is CC[C@H](C(=O)NC)N(Cc1c(Cl)cccc1Cl)C(=O)CN(c1ccccc1)S(=O)(=O)c1ccc(OC)c(OC)c1. The number of carbonyl (C=O) groups is 2. The van der Waals surface area contributed by atoms with Crippen molar-refractivity contribution < 1.29 is 27.5 Å². The third kappa shape index (κ3) is 6.80. The lowest BCUT2D eigenvalue weighted by atomic mass is 10.1. The molecule has 0 aliphatic rings. The van der Waals surface area contributed by atoms with E-state index in [9.17, 15) is 18.0 Å². The molecule has 0 bridgehead atoms. The lowest BCUT2D eigenvalue weighted by Gasteiger charge is -2.33. The zero-order valence-electron chi connectivity index (χ0n) is 22.6. The Balaban J connectivity index is 2.10. The first-order chi connectivity index (χ1) is 19.1. The molecule has 0 radical (unpaired) electrons. The Morgan fingerprint density at radius 3 is 2.10 bits per heavy atom. The number of sulfonamides is 1. The number of likely N-dealkylation sites (N-methyl/N-ethyl adjacent to an activating group) is 1. The van der Waals surface area contributed by atoms with E-state index in [1.807, 2.05) is 0 Å². The number of para-hydroxylation sites is 1. The van der Waals surface area contributed by atoms with Gasteiger partial charge in [-0.25, -0.2) is 8.42 Å². The molecule has 0 saturated carbocycles. The maximum absolute atomic E-state index is 14.0. The average Bonchev–Trinajstić information content (AvgIpc) is 2.96. The van der Waals surface area contributed by atoms with Gasteiger partial charge in [-0.2, -0.15) is 0 Å². The molecule has 3 aromatic rings. The maximum Gasteiger partial charge on any atom is 0.264 e. The van der Waals surface area contributed by atoms with Gasteiger partial charge in [0.05, 0.1) is 24.8 Å². The second kappa shape index (κ2) is 13.7. The Kier molecular flexibility index (Phi) is 10.7. The molecule has 12 heteroatoms. The highest BCUT2D eigenvalue weighted by Crippen LogP contribution is 2.33. The minimum absolute atomic E-state index is 0.109. The molecule has 0 spiro atoms. The van der Waals surface area contributed by atoms with Gasteiger partial charge in [-0.3, -0.25) is 13.9 Å². The fourth-order valence-corrected chi connectivity index (χ4v) is 6.11. The summed E-state index contributed by atoms with van der Waals surface area (Å²) in [7, 11) is 0.0149. The van der Waals surface area contributed by atoms with E-state index in [0.29, 0.717) is 21.4 Å². The van der Waals surface area contributed by atoms with Gasteiger partial charge >= 0.3 is 0 Å². The van der Waals surface area contributed by atoms with Crippen LogP contribution in [0.3, 0.4) is 0 Å². The van der Waals surface area contributed by atoms with E-state index in [0.717, 1.165) is 4.31 Å². The standard InChI is InChI=1S/C28H31Cl2N3O6S/c1-5-24(28(35)31-2)32(17-21-22(29)12-9-13-23(21)30)27(34)18-33(19-10-7-6-8-11-19)40(36,37)20-14-15-25(38-3)26(16-20)39-4/h6-16,24H,5,17-18H2,1-4H3,(H,31,35)/t24-/m1/s1. The Morgan fingerprint density at radius 2 is 1.55 bits per heavy atom. The molecular formula is C28H31Cl2N3O6S. The van der Waals surface area contributed by atoms with Crippen LogP contribution in [0, 0.1) is 0 Å². The Labute approximate surface area is 244 Å². The third-order valence-corrected chi connectivity index (χ3v) is 8.77. The lowest BCUT2D eigenvalue weighted by Crippen LogP contribution is -2.51. The summed E-state index contributed by atoms with van der Waals surface area (Å²) >= 11 is 12.8. The first-order valence-electron chi connectivity index (χ1n) is 12.3. The molecule has 3 aromatic carbocycles. The first-order valence-corrected chi connectivity index (χ1v) is 14.5. The number of benzene rings is 3. The van der Waals surface area contributed by atoms with Gasteiger partial charge in [-0.05, 0) is 42.8 Å². The van der Waals surface area contributed by atoms with E-state index >= 15 is 0 Å². The summed E-state index contributed by atoms with van der Waals surface area (Å²) in [5.74, 6) is -0.473. The van der Waals surface area contributed by atoms with Crippen molar-refractivity contribution in [3.63, 3.8) is 0 Å². The van der Waals surface area contributed by atoms with Crippen LogP contribution in [0.1, 0.15) is 18.9 Å². The largest absolute Gasteiger partial charge is 0.493 e. The van der Waals surface area contributed by atoms with Gasteiger partial charge in [0.15, 0.2) is 11.5 Å².